The minimum absolute atomic E-state index is 0.0271. The highest BCUT2D eigenvalue weighted by Gasteiger charge is 2.58. The van der Waals surface area contributed by atoms with Crippen molar-refractivity contribution in [2.45, 2.75) is 11.6 Å². The molecule has 0 amide bonds. The summed E-state index contributed by atoms with van der Waals surface area (Å²) >= 11 is 0. The Kier molecular flexibility index (Phi) is 4.33. The summed E-state index contributed by atoms with van der Waals surface area (Å²) in [6.45, 7) is 0. The van der Waals surface area contributed by atoms with Gasteiger partial charge in [-0.1, -0.05) is 54.6 Å². The largest absolute Gasteiger partial charge is 0.406 e. The molecule has 0 atom stereocenters. The second-order valence-electron chi connectivity index (χ2n) is 5.63. The van der Waals surface area contributed by atoms with Crippen LogP contribution in [0, 0.1) is 11.6 Å². The maximum Gasteiger partial charge on any atom is 0.406 e. The molecule has 0 saturated heterocycles. The van der Waals surface area contributed by atoms with Crippen molar-refractivity contribution in [2.75, 3.05) is 0 Å². The molecule has 128 valence electrons. The molecule has 0 aliphatic carbocycles. The number of rotatable bonds is 3. The predicted molar refractivity (Wildman–Crippen MR) is 85.2 cm³/mol. The van der Waals surface area contributed by atoms with Crippen molar-refractivity contribution < 1.29 is 22.0 Å². The van der Waals surface area contributed by atoms with Crippen molar-refractivity contribution in [3.63, 3.8) is 0 Å². The van der Waals surface area contributed by atoms with Crippen LogP contribution in [0.3, 0.4) is 0 Å². The van der Waals surface area contributed by atoms with Crippen LogP contribution in [0.4, 0.5) is 22.0 Å². The molecule has 0 N–H and O–H groups in total. The Hall–Kier alpha value is -2.69. The molecule has 0 bridgehead atoms. The normalized spacial score (nSPS) is 12.2. The van der Waals surface area contributed by atoms with Crippen LogP contribution in [-0.4, -0.2) is 6.18 Å². The average Bonchev–Trinajstić information content (AvgIpc) is 2.58. The lowest BCUT2D eigenvalue weighted by Gasteiger charge is -2.37. The van der Waals surface area contributed by atoms with Crippen LogP contribution in [0.1, 0.15) is 16.7 Å². The topological polar surface area (TPSA) is 0 Å². The third kappa shape index (κ3) is 2.90. The van der Waals surface area contributed by atoms with Crippen molar-refractivity contribution in [2.24, 2.45) is 0 Å². The van der Waals surface area contributed by atoms with Gasteiger partial charge in [0.15, 0.2) is 0 Å². The second kappa shape index (κ2) is 6.31. The Bertz CT molecular complexity index is 789. The maximum absolute atomic E-state index is 14.4. The van der Waals surface area contributed by atoms with Crippen molar-refractivity contribution in [3.05, 3.63) is 107 Å². The van der Waals surface area contributed by atoms with Gasteiger partial charge < -0.3 is 0 Å². The van der Waals surface area contributed by atoms with E-state index in [4.69, 9.17) is 0 Å². The van der Waals surface area contributed by atoms with Crippen LogP contribution in [0.25, 0.3) is 0 Å². The molecule has 0 spiro atoms. The highest BCUT2D eigenvalue weighted by Crippen LogP contribution is 2.51. The molecular weight excluding hydrogens is 335 g/mol. The molecule has 0 aromatic heterocycles. The molecule has 3 rings (SSSR count). The van der Waals surface area contributed by atoms with Gasteiger partial charge in [-0.15, -0.1) is 0 Å². The molecule has 3 aromatic rings. The molecule has 25 heavy (non-hydrogen) atoms. The van der Waals surface area contributed by atoms with E-state index in [-0.39, 0.29) is 16.7 Å². The molecule has 0 heterocycles. The van der Waals surface area contributed by atoms with Crippen LogP contribution in [0.15, 0.2) is 78.9 Å². The van der Waals surface area contributed by atoms with E-state index in [1.54, 1.807) is 6.07 Å². The first kappa shape index (κ1) is 17.1. The summed E-state index contributed by atoms with van der Waals surface area (Å²) in [5.74, 6) is -1.26. The minimum Gasteiger partial charge on any atom is -0.207 e. The smallest absolute Gasteiger partial charge is 0.207 e. The molecule has 0 nitrogen and oxygen atoms in total. The number of hydrogen-bond acceptors (Lipinski definition) is 0. The summed E-state index contributed by atoms with van der Waals surface area (Å²) in [7, 11) is 0. The Balaban J connectivity index is 2.40. The summed E-state index contributed by atoms with van der Waals surface area (Å²) in [6.07, 6.45) is -4.73. The third-order valence-corrected chi connectivity index (χ3v) is 4.19. The van der Waals surface area contributed by atoms with Gasteiger partial charge >= 0.3 is 6.18 Å². The van der Waals surface area contributed by atoms with Crippen LogP contribution in [0.2, 0.25) is 0 Å². The fourth-order valence-electron chi connectivity index (χ4n) is 3.08. The third-order valence-electron chi connectivity index (χ3n) is 4.19. The SMILES string of the molecule is Fc1ccc(C(c2ccccc2)(c2ccc(F)cc2)C(F)(F)F)cc1. The quantitative estimate of drug-likeness (QED) is 0.411. The summed E-state index contributed by atoms with van der Waals surface area (Å²) in [4.78, 5) is 0. The van der Waals surface area contributed by atoms with Gasteiger partial charge in [0.05, 0.1) is 0 Å². The van der Waals surface area contributed by atoms with Gasteiger partial charge in [0.25, 0.3) is 0 Å². The van der Waals surface area contributed by atoms with Crippen LogP contribution >= 0.6 is 0 Å². The Morgan fingerprint density at radius 1 is 0.480 bits per heavy atom. The minimum atomic E-state index is -4.73. The fourth-order valence-corrected chi connectivity index (χ4v) is 3.08. The molecule has 0 unspecified atom stereocenters. The summed E-state index contributed by atoms with van der Waals surface area (Å²) < 4.78 is 69.9. The van der Waals surface area contributed by atoms with Gasteiger partial charge in [-0.25, -0.2) is 8.78 Å². The van der Waals surface area contributed by atoms with Gasteiger partial charge in [0.2, 0.25) is 0 Å². The molecule has 0 radical (unpaired) electrons. The molecule has 0 aliphatic heterocycles. The molecule has 0 fully saturated rings. The first-order valence-electron chi connectivity index (χ1n) is 7.50. The average molecular weight is 348 g/mol. The molecule has 0 aliphatic rings. The highest BCUT2D eigenvalue weighted by atomic mass is 19.4. The zero-order chi connectivity index (χ0) is 18.1. The fraction of sp³-hybridized carbons (Fsp3) is 0.100. The van der Waals surface area contributed by atoms with Gasteiger partial charge in [0, 0.05) is 0 Å². The van der Waals surface area contributed by atoms with E-state index >= 15 is 0 Å². The monoisotopic (exact) mass is 348 g/mol. The van der Waals surface area contributed by atoms with E-state index in [1.807, 2.05) is 0 Å². The van der Waals surface area contributed by atoms with E-state index in [2.05, 4.69) is 0 Å². The molecule has 5 heteroatoms. The lowest BCUT2D eigenvalue weighted by Crippen LogP contribution is -2.44. The summed E-state index contributed by atoms with van der Waals surface area (Å²) in [6, 6.07) is 15.7. The first-order valence-corrected chi connectivity index (χ1v) is 7.50. The zero-order valence-electron chi connectivity index (χ0n) is 12.9. The number of hydrogen-bond donors (Lipinski definition) is 0. The molecule has 3 aromatic carbocycles. The van der Waals surface area contributed by atoms with Crippen LogP contribution in [-0.2, 0) is 5.41 Å². The highest BCUT2D eigenvalue weighted by molar-refractivity contribution is 5.52. The predicted octanol–water partition coefficient (Wildman–Crippen LogP) is 5.86. The number of alkyl halides is 3. The number of halogens is 5. The first-order chi connectivity index (χ1) is 11.9. The van der Waals surface area contributed by atoms with Crippen molar-refractivity contribution in [3.8, 4) is 0 Å². The Morgan fingerprint density at radius 2 is 0.840 bits per heavy atom. The standard InChI is InChI=1S/C20H13F5/c21-17-10-6-15(7-11-17)19(20(23,24)25,14-4-2-1-3-5-14)16-8-12-18(22)13-9-16/h1-13H. The number of benzene rings is 3. The van der Waals surface area contributed by atoms with E-state index in [9.17, 15) is 22.0 Å². The van der Waals surface area contributed by atoms with E-state index < -0.39 is 23.2 Å². The Labute approximate surface area is 141 Å². The second-order valence-corrected chi connectivity index (χ2v) is 5.63. The maximum atomic E-state index is 14.4. The van der Waals surface area contributed by atoms with Crippen LogP contribution < -0.4 is 0 Å². The summed E-state index contributed by atoms with van der Waals surface area (Å²) in [5, 5.41) is 0. The van der Waals surface area contributed by atoms with Crippen molar-refractivity contribution in [1.29, 1.82) is 0 Å². The van der Waals surface area contributed by atoms with Gasteiger partial charge in [-0.2, -0.15) is 13.2 Å². The van der Waals surface area contributed by atoms with Crippen molar-refractivity contribution >= 4 is 0 Å². The van der Waals surface area contributed by atoms with Crippen molar-refractivity contribution in [1.82, 2.24) is 0 Å². The zero-order valence-corrected chi connectivity index (χ0v) is 12.9. The Morgan fingerprint density at radius 3 is 1.20 bits per heavy atom. The van der Waals surface area contributed by atoms with Crippen LogP contribution in [0.5, 0.6) is 0 Å². The van der Waals surface area contributed by atoms with Gasteiger partial charge in [-0.3, -0.25) is 0 Å². The summed E-state index contributed by atoms with van der Waals surface area (Å²) in [5.41, 5.74) is -2.84. The van der Waals surface area contributed by atoms with Gasteiger partial charge in [0.1, 0.15) is 17.0 Å². The van der Waals surface area contributed by atoms with E-state index in [0.29, 0.717) is 0 Å². The lowest BCUT2D eigenvalue weighted by atomic mass is 9.69. The van der Waals surface area contributed by atoms with E-state index in [0.717, 1.165) is 48.5 Å². The molecule has 0 saturated carbocycles. The van der Waals surface area contributed by atoms with Gasteiger partial charge in [-0.05, 0) is 41.0 Å². The van der Waals surface area contributed by atoms with E-state index in [1.165, 1.54) is 24.3 Å². The lowest BCUT2D eigenvalue weighted by molar-refractivity contribution is -0.166. The molecular formula is C20H13F5.